The number of hydrogen-bond donors (Lipinski definition) is 1. The molecule has 1 aliphatic heterocycles. The Bertz CT molecular complexity index is 1340. The van der Waals surface area contributed by atoms with Gasteiger partial charge in [-0.25, -0.2) is 14.1 Å². The van der Waals surface area contributed by atoms with Crippen molar-refractivity contribution < 1.29 is 28.2 Å². The Morgan fingerprint density at radius 3 is 2.47 bits per heavy atom. The van der Waals surface area contributed by atoms with E-state index in [2.05, 4.69) is 5.32 Å². The van der Waals surface area contributed by atoms with E-state index in [0.717, 1.165) is 11.3 Å². The minimum Gasteiger partial charge on any atom is -0.494 e. The first-order chi connectivity index (χ1) is 17.4. The van der Waals surface area contributed by atoms with Gasteiger partial charge in [-0.15, -0.1) is 0 Å². The molecular weight excluding hydrogens is 487 g/mol. The fourth-order valence-electron chi connectivity index (χ4n) is 3.48. The summed E-state index contributed by atoms with van der Waals surface area (Å²) in [6.45, 7) is 2.63. The number of barbiturate groups is 1. The lowest BCUT2D eigenvalue weighted by Crippen LogP contribution is -2.54. The van der Waals surface area contributed by atoms with Crippen molar-refractivity contribution in [2.24, 2.45) is 0 Å². The van der Waals surface area contributed by atoms with E-state index in [1.54, 1.807) is 48.5 Å². The SMILES string of the molecule is CCCOc1ccc(N2C(=O)NC(=O)/C(=C/c3ccc(OCc4cccc(F)c4)c(Cl)c3)C2=O)cc1. The molecule has 7 nitrogen and oxygen atoms in total. The van der Waals surface area contributed by atoms with Crippen LogP contribution in [0.25, 0.3) is 6.08 Å². The van der Waals surface area contributed by atoms with Crippen LogP contribution in [-0.2, 0) is 16.2 Å². The fraction of sp³-hybridized carbons (Fsp3) is 0.148. The van der Waals surface area contributed by atoms with E-state index in [4.69, 9.17) is 21.1 Å². The average molecular weight is 509 g/mol. The van der Waals surface area contributed by atoms with Crippen LogP contribution in [0, 0.1) is 5.82 Å². The maximum atomic E-state index is 13.4. The monoisotopic (exact) mass is 508 g/mol. The Hall–Kier alpha value is -4.17. The third-order valence-corrected chi connectivity index (χ3v) is 5.52. The second-order valence-electron chi connectivity index (χ2n) is 7.91. The number of nitrogens with zero attached hydrogens (tertiary/aromatic N) is 1. The first-order valence-corrected chi connectivity index (χ1v) is 11.5. The molecule has 0 unspecified atom stereocenters. The zero-order chi connectivity index (χ0) is 25.7. The molecule has 3 aromatic carbocycles. The van der Waals surface area contributed by atoms with Gasteiger partial charge in [0, 0.05) is 0 Å². The van der Waals surface area contributed by atoms with Gasteiger partial charge in [-0.1, -0.05) is 36.7 Å². The molecule has 0 atom stereocenters. The summed E-state index contributed by atoms with van der Waals surface area (Å²) in [5, 5.41) is 2.42. The number of benzene rings is 3. The number of carbonyl (C=O) groups is 3. The maximum absolute atomic E-state index is 13.4. The van der Waals surface area contributed by atoms with Crippen LogP contribution in [0.1, 0.15) is 24.5 Å². The lowest BCUT2D eigenvalue weighted by Gasteiger charge is -2.26. The number of anilines is 1. The number of nitrogens with one attached hydrogen (secondary N) is 1. The maximum Gasteiger partial charge on any atom is 0.335 e. The predicted molar refractivity (Wildman–Crippen MR) is 133 cm³/mol. The molecule has 1 N–H and O–H groups in total. The van der Waals surface area contributed by atoms with Gasteiger partial charge >= 0.3 is 6.03 Å². The quantitative estimate of drug-likeness (QED) is 0.320. The van der Waals surface area contributed by atoms with Gasteiger partial charge in [-0.05, 0) is 72.2 Å². The Labute approximate surface area is 212 Å². The number of amides is 4. The van der Waals surface area contributed by atoms with Crippen LogP contribution in [0.15, 0.2) is 72.3 Å². The van der Waals surface area contributed by atoms with Crippen LogP contribution in [0.3, 0.4) is 0 Å². The molecule has 9 heteroatoms. The zero-order valence-electron chi connectivity index (χ0n) is 19.3. The van der Waals surface area contributed by atoms with Crippen LogP contribution >= 0.6 is 11.6 Å². The summed E-state index contributed by atoms with van der Waals surface area (Å²) in [5.74, 6) is -0.996. The van der Waals surface area contributed by atoms with E-state index in [1.807, 2.05) is 6.92 Å². The molecule has 0 bridgehead atoms. The van der Waals surface area contributed by atoms with Gasteiger partial charge in [0.25, 0.3) is 11.8 Å². The van der Waals surface area contributed by atoms with Gasteiger partial charge in [-0.2, -0.15) is 0 Å². The summed E-state index contributed by atoms with van der Waals surface area (Å²) in [7, 11) is 0. The number of hydrogen-bond acceptors (Lipinski definition) is 5. The highest BCUT2D eigenvalue weighted by Crippen LogP contribution is 2.29. The van der Waals surface area contributed by atoms with E-state index in [1.165, 1.54) is 24.3 Å². The van der Waals surface area contributed by atoms with Crippen LogP contribution in [0.5, 0.6) is 11.5 Å². The number of carbonyl (C=O) groups excluding carboxylic acids is 3. The van der Waals surface area contributed by atoms with Crippen LogP contribution in [-0.4, -0.2) is 24.5 Å². The molecule has 1 heterocycles. The van der Waals surface area contributed by atoms with Crippen molar-refractivity contribution in [3.8, 4) is 11.5 Å². The Morgan fingerprint density at radius 2 is 1.78 bits per heavy atom. The molecular formula is C27H22ClFN2O5. The largest absolute Gasteiger partial charge is 0.494 e. The molecule has 36 heavy (non-hydrogen) atoms. The van der Waals surface area contributed by atoms with E-state index >= 15 is 0 Å². The second kappa shape index (κ2) is 11.0. The highest BCUT2D eigenvalue weighted by atomic mass is 35.5. The topological polar surface area (TPSA) is 84.9 Å². The van der Waals surface area contributed by atoms with E-state index < -0.39 is 17.8 Å². The lowest BCUT2D eigenvalue weighted by atomic mass is 10.1. The fourth-order valence-corrected chi connectivity index (χ4v) is 3.73. The van der Waals surface area contributed by atoms with Gasteiger partial charge in [0.2, 0.25) is 0 Å². The summed E-state index contributed by atoms with van der Waals surface area (Å²) in [5.41, 5.74) is 1.15. The van der Waals surface area contributed by atoms with Gasteiger partial charge in [-0.3, -0.25) is 14.9 Å². The molecule has 0 aliphatic carbocycles. The van der Waals surface area contributed by atoms with Crippen molar-refractivity contribution in [3.63, 3.8) is 0 Å². The minimum atomic E-state index is -0.844. The summed E-state index contributed by atoms with van der Waals surface area (Å²) in [4.78, 5) is 38.9. The van der Waals surface area contributed by atoms with E-state index in [9.17, 15) is 18.8 Å². The molecule has 3 aromatic rings. The number of rotatable bonds is 8. The molecule has 184 valence electrons. The van der Waals surface area contributed by atoms with Crippen molar-refractivity contribution in [2.45, 2.75) is 20.0 Å². The van der Waals surface area contributed by atoms with Crippen molar-refractivity contribution in [2.75, 3.05) is 11.5 Å². The highest BCUT2D eigenvalue weighted by molar-refractivity contribution is 6.39. The second-order valence-corrected chi connectivity index (χ2v) is 8.32. The Kier molecular flexibility index (Phi) is 7.65. The summed E-state index contributed by atoms with van der Waals surface area (Å²) >= 11 is 6.33. The Balaban J connectivity index is 1.52. The molecule has 1 aliphatic rings. The average Bonchev–Trinajstić information content (AvgIpc) is 2.85. The molecule has 0 spiro atoms. The third-order valence-electron chi connectivity index (χ3n) is 5.22. The van der Waals surface area contributed by atoms with Crippen LogP contribution in [0.4, 0.5) is 14.9 Å². The standard InChI is InChI=1S/C27H22ClFN2O5/c1-2-12-35-21-9-7-20(8-10-21)31-26(33)22(25(32)30-27(31)34)14-17-6-11-24(23(28)15-17)36-16-18-4-3-5-19(29)13-18/h3-11,13-15H,2,12,16H2,1H3,(H,30,32,34)/b22-14-. The number of ether oxygens (including phenoxy) is 2. The van der Waals surface area contributed by atoms with E-state index in [-0.39, 0.29) is 23.0 Å². The third kappa shape index (κ3) is 5.72. The van der Waals surface area contributed by atoms with Crippen LogP contribution in [0.2, 0.25) is 5.02 Å². The number of urea groups is 1. The van der Waals surface area contributed by atoms with Gasteiger partial charge in [0.05, 0.1) is 17.3 Å². The van der Waals surface area contributed by atoms with Gasteiger partial charge < -0.3 is 9.47 Å². The first-order valence-electron chi connectivity index (χ1n) is 11.2. The zero-order valence-corrected chi connectivity index (χ0v) is 20.0. The molecule has 1 fully saturated rings. The molecule has 1 saturated heterocycles. The van der Waals surface area contributed by atoms with Crippen LogP contribution < -0.4 is 19.7 Å². The van der Waals surface area contributed by atoms with Gasteiger partial charge in [0.15, 0.2) is 0 Å². The molecule has 0 aromatic heterocycles. The highest BCUT2D eigenvalue weighted by Gasteiger charge is 2.36. The Morgan fingerprint density at radius 1 is 1.00 bits per heavy atom. The van der Waals surface area contributed by atoms with Crippen molar-refractivity contribution >= 4 is 41.2 Å². The summed E-state index contributed by atoms with van der Waals surface area (Å²) in [6.07, 6.45) is 2.19. The number of imide groups is 2. The predicted octanol–water partition coefficient (Wildman–Crippen LogP) is 5.51. The minimum absolute atomic E-state index is 0.109. The lowest BCUT2D eigenvalue weighted by molar-refractivity contribution is -0.122. The normalized spacial score (nSPS) is 14.7. The van der Waals surface area contributed by atoms with Crippen molar-refractivity contribution in [1.82, 2.24) is 5.32 Å². The number of halogens is 2. The van der Waals surface area contributed by atoms with E-state index in [0.29, 0.717) is 34.9 Å². The summed E-state index contributed by atoms with van der Waals surface area (Å²) < 4.78 is 24.5. The van der Waals surface area contributed by atoms with Gasteiger partial charge in [0.1, 0.15) is 29.5 Å². The summed E-state index contributed by atoms with van der Waals surface area (Å²) in [6, 6.07) is 16.3. The van der Waals surface area contributed by atoms with Crippen molar-refractivity contribution in [3.05, 3.63) is 94.3 Å². The smallest absolute Gasteiger partial charge is 0.335 e. The molecule has 0 radical (unpaired) electrons. The molecule has 4 rings (SSSR count). The molecule has 4 amide bonds. The molecule has 0 saturated carbocycles. The first kappa shape index (κ1) is 24.9. The van der Waals surface area contributed by atoms with Crippen molar-refractivity contribution in [1.29, 1.82) is 0 Å².